The van der Waals surface area contributed by atoms with Gasteiger partial charge < -0.3 is 43.7 Å². The van der Waals surface area contributed by atoms with E-state index in [2.05, 4.69) is 6.92 Å². The van der Waals surface area contributed by atoms with Crippen LogP contribution in [0.2, 0.25) is 0 Å². The van der Waals surface area contributed by atoms with Crippen LogP contribution < -0.4 is 4.74 Å². The van der Waals surface area contributed by atoms with Crippen molar-refractivity contribution < 1.29 is 48.5 Å². The van der Waals surface area contributed by atoms with Crippen molar-refractivity contribution in [2.24, 2.45) is 28.6 Å². The Hall–Kier alpha value is -2.05. The molecule has 3 heterocycles. The fourth-order valence-electron chi connectivity index (χ4n) is 11.5. The maximum atomic E-state index is 12.5. The molecule has 47 heavy (non-hydrogen) atoms. The number of benzene rings is 1. The quantitative estimate of drug-likeness (QED) is 0.301. The minimum atomic E-state index is -1.10. The molecule has 4 aliphatic carbocycles. The highest BCUT2D eigenvalue weighted by Crippen LogP contribution is 2.70. The predicted octanol–water partition coefficient (Wildman–Crippen LogP) is 4.34. The van der Waals surface area contributed by atoms with Gasteiger partial charge in [0.2, 0.25) is 0 Å². The fraction of sp³-hybridized carbons (Fsp3) is 0.757. The Morgan fingerprint density at radius 1 is 0.957 bits per heavy atom. The molecular weight excluding hydrogens is 604 g/mol. The zero-order chi connectivity index (χ0) is 32.8. The summed E-state index contributed by atoms with van der Waals surface area (Å²) in [5.74, 6) is 0.577. The fourth-order valence-corrected chi connectivity index (χ4v) is 11.5. The molecule has 2 saturated heterocycles. The Kier molecular flexibility index (Phi) is 7.87. The van der Waals surface area contributed by atoms with Crippen molar-refractivity contribution >= 4 is 5.97 Å². The van der Waals surface area contributed by atoms with Crippen LogP contribution in [0.4, 0.5) is 0 Å². The first-order valence-electron chi connectivity index (χ1n) is 17.7. The molecule has 1 aromatic rings. The standard InChI is InChI=1S/C37H50O10/c1-21-32-29(46-33(47-32)22-4-6-24(42-3)7-5-22)17-31(44-21)45-25-8-13-35(20-38)27-9-12-34(2)26(23-16-30(39)43-19-23)11-15-37(34,41)28(27)10-14-36(35,40)18-25/h4-7,16,21,25-29,31-33,38,40-41H,8-15,17-20H2,1-3H3. The topological polar surface area (TPSA) is 133 Å². The number of aliphatic hydroxyl groups is 3. The van der Waals surface area contributed by atoms with Crippen LogP contribution >= 0.6 is 0 Å². The molecule has 8 rings (SSSR count). The van der Waals surface area contributed by atoms with Gasteiger partial charge in [0.1, 0.15) is 18.5 Å². The molecule has 10 nitrogen and oxygen atoms in total. The zero-order valence-corrected chi connectivity index (χ0v) is 27.8. The summed E-state index contributed by atoms with van der Waals surface area (Å²) in [7, 11) is 1.64. The SMILES string of the molecule is COc1ccc(C2OC3CC(OC4CCC5(CO)C6CCC7(C)C(C8=CC(=O)OC8)CCC7(O)C6CCC5(O)C4)OC(C)C3O2)cc1. The second-order valence-electron chi connectivity index (χ2n) is 15.8. The number of carbonyl (C=O) groups excluding carboxylic acids is 1. The second-order valence-corrected chi connectivity index (χ2v) is 15.8. The van der Waals surface area contributed by atoms with Gasteiger partial charge in [-0.2, -0.15) is 0 Å². The number of esters is 1. The van der Waals surface area contributed by atoms with Gasteiger partial charge in [-0.1, -0.05) is 19.1 Å². The van der Waals surface area contributed by atoms with E-state index in [9.17, 15) is 20.1 Å². The largest absolute Gasteiger partial charge is 0.497 e. The minimum Gasteiger partial charge on any atom is -0.497 e. The lowest BCUT2D eigenvalue weighted by molar-refractivity contribution is -0.292. The van der Waals surface area contributed by atoms with Gasteiger partial charge in [-0.3, -0.25) is 0 Å². The molecule has 0 spiro atoms. The van der Waals surface area contributed by atoms with Crippen LogP contribution in [0, 0.1) is 28.6 Å². The molecule has 4 saturated carbocycles. The number of hydrogen-bond acceptors (Lipinski definition) is 10. The average Bonchev–Trinajstić information content (AvgIpc) is 3.76. The van der Waals surface area contributed by atoms with Crippen LogP contribution in [0.15, 0.2) is 35.9 Å². The van der Waals surface area contributed by atoms with Crippen molar-refractivity contribution in [2.75, 3.05) is 20.3 Å². The number of rotatable bonds is 6. The third-order valence-electron chi connectivity index (χ3n) is 14.0. The number of aliphatic hydroxyl groups excluding tert-OH is 1. The predicted molar refractivity (Wildman–Crippen MR) is 168 cm³/mol. The van der Waals surface area contributed by atoms with E-state index in [1.807, 2.05) is 31.2 Å². The second kappa shape index (κ2) is 11.5. The molecule has 0 radical (unpaired) electrons. The molecule has 7 aliphatic rings. The monoisotopic (exact) mass is 654 g/mol. The van der Waals surface area contributed by atoms with Gasteiger partial charge in [0, 0.05) is 35.3 Å². The molecule has 13 unspecified atom stereocenters. The van der Waals surface area contributed by atoms with E-state index >= 15 is 0 Å². The Morgan fingerprint density at radius 3 is 2.47 bits per heavy atom. The number of methoxy groups -OCH3 is 1. The molecule has 3 N–H and O–H groups in total. The normalized spacial score (nSPS) is 48.9. The van der Waals surface area contributed by atoms with Gasteiger partial charge in [-0.05, 0) is 93.7 Å². The first kappa shape index (κ1) is 32.2. The van der Waals surface area contributed by atoms with E-state index < -0.39 is 29.2 Å². The van der Waals surface area contributed by atoms with Crippen molar-refractivity contribution in [1.29, 1.82) is 0 Å². The summed E-state index contributed by atoms with van der Waals surface area (Å²) in [6.07, 6.45) is 6.44. The lowest BCUT2D eigenvalue weighted by atomic mass is 9.41. The highest BCUT2D eigenvalue weighted by molar-refractivity contribution is 5.85. The third-order valence-corrected chi connectivity index (χ3v) is 14.0. The molecule has 0 bridgehead atoms. The van der Waals surface area contributed by atoms with Crippen LogP contribution in [0.5, 0.6) is 5.75 Å². The summed E-state index contributed by atoms with van der Waals surface area (Å²) < 4.78 is 36.1. The zero-order valence-electron chi connectivity index (χ0n) is 27.8. The summed E-state index contributed by atoms with van der Waals surface area (Å²) in [5.41, 5.74) is -1.15. The van der Waals surface area contributed by atoms with Gasteiger partial charge in [0.25, 0.3) is 0 Å². The van der Waals surface area contributed by atoms with Crippen molar-refractivity contribution in [1.82, 2.24) is 0 Å². The number of carbonyl (C=O) groups is 1. The lowest BCUT2D eigenvalue weighted by Crippen LogP contribution is -2.69. The summed E-state index contributed by atoms with van der Waals surface area (Å²) >= 11 is 0. The smallest absolute Gasteiger partial charge is 0.331 e. The number of hydrogen-bond donors (Lipinski definition) is 3. The highest BCUT2D eigenvalue weighted by atomic mass is 16.8. The van der Waals surface area contributed by atoms with Crippen molar-refractivity contribution in [3.05, 3.63) is 41.5 Å². The van der Waals surface area contributed by atoms with E-state index in [1.54, 1.807) is 13.2 Å². The molecule has 0 aromatic heterocycles. The van der Waals surface area contributed by atoms with Gasteiger partial charge in [0.05, 0.1) is 43.2 Å². The molecule has 0 amide bonds. The summed E-state index contributed by atoms with van der Waals surface area (Å²) in [6, 6.07) is 7.69. The van der Waals surface area contributed by atoms with Crippen LogP contribution in [-0.4, -0.2) is 83.5 Å². The maximum absolute atomic E-state index is 12.5. The highest BCUT2D eigenvalue weighted by Gasteiger charge is 2.71. The van der Waals surface area contributed by atoms with Gasteiger partial charge in [-0.15, -0.1) is 0 Å². The number of fused-ring (bicyclic) bond motifs is 6. The van der Waals surface area contributed by atoms with Crippen LogP contribution in [-0.2, 0) is 28.5 Å². The Morgan fingerprint density at radius 2 is 1.74 bits per heavy atom. The van der Waals surface area contributed by atoms with Gasteiger partial charge in [0.15, 0.2) is 12.6 Å². The summed E-state index contributed by atoms with van der Waals surface area (Å²) in [6.45, 7) is 4.39. The first-order valence-corrected chi connectivity index (χ1v) is 17.7. The Bertz CT molecular complexity index is 1400. The van der Waals surface area contributed by atoms with Crippen molar-refractivity contribution in [3.63, 3.8) is 0 Å². The summed E-state index contributed by atoms with van der Waals surface area (Å²) in [5, 5.41) is 36.1. The maximum Gasteiger partial charge on any atom is 0.331 e. The molecule has 6 fully saturated rings. The van der Waals surface area contributed by atoms with E-state index in [-0.39, 0.29) is 60.2 Å². The van der Waals surface area contributed by atoms with Gasteiger partial charge >= 0.3 is 5.97 Å². The van der Waals surface area contributed by atoms with E-state index in [0.29, 0.717) is 51.6 Å². The summed E-state index contributed by atoms with van der Waals surface area (Å²) in [4.78, 5) is 11.9. The Labute approximate surface area is 276 Å². The molecule has 258 valence electrons. The molecule has 1 aromatic carbocycles. The number of ether oxygens (including phenoxy) is 6. The van der Waals surface area contributed by atoms with E-state index in [0.717, 1.165) is 36.1 Å². The molecular formula is C37H50O10. The number of cyclic esters (lactones) is 1. The van der Waals surface area contributed by atoms with E-state index in [1.165, 1.54) is 0 Å². The van der Waals surface area contributed by atoms with Crippen LogP contribution in [0.1, 0.15) is 89.9 Å². The van der Waals surface area contributed by atoms with Crippen LogP contribution in [0.3, 0.4) is 0 Å². The van der Waals surface area contributed by atoms with Crippen molar-refractivity contribution in [3.8, 4) is 5.75 Å². The minimum absolute atomic E-state index is 0.00472. The first-order chi connectivity index (χ1) is 22.5. The van der Waals surface area contributed by atoms with E-state index in [4.69, 9.17) is 28.4 Å². The molecule has 13 atom stereocenters. The molecule has 3 aliphatic heterocycles. The van der Waals surface area contributed by atoms with Crippen LogP contribution in [0.25, 0.3) is 0 Å². The Balaban J connectivity index is 0.946. The lowest BCUT2D eigenvalue weighted by Gasteiger charge is -2.66. The van der Waals surface area contributed by atoms with Gasteiger partial charge in [-0.25, -0.2) is 4.79 Å². The third kappa shape index (κ3) is 4.80. The van der Waals surface area contributed by atoms with Crippen molar-refractivity contribution in [2.45, 2.75) is 126 Å². The average molecular weight is 655 g/mol. The molecule has 10 heteroatoms.